The van der Waals surface area contributed by atoms with Crippen LogP contribution in [-0.2, 0) is 11.2 Å². The van der Waals surface area contributed by atoms with Crippen molar-refractivity contribution in [1.29, 1.82) is 0 Å². The Morgan fingerprint density at radius 2 is 2.10 bits per heavy atom. The minimum absolute atomic E-state index is 0.0635. The summed E-state index contributed by atoms with van der Waals surface area (Å²) in [5, 5.41) is 20.4. The maximum absolute atomic E-state index is 13.3. The van der Waals surface area contributed by atoms with E-state index in [9.17, 15) is 4.79 Å². The summed E-state index contributed by atoms with van der Waals surface area (Å²) >= 11 is 6.08. The Morgan fingerprint density at radius 3 is 2.80 bits per heavy atom. The van der Waals surface area contributed by atoms with E-state index in [1.807, 2.05) is 19.1 Å². The zero-order valence-corrected chi connectivity index (χ0v) is 17.1. The van der Waals surface area contributed by atoms with Crippen LogP contribution in [0, 0.1) is 0 Å². The summed E-state index contributed by atoms with van der Waals surface area (Å²) in [4.78, 5) is 21.8. The molecular weight excluding hydrogens is 404 g/mol. The molecule has 0 saturated carbocycles. The van der Waals surface area contributed by atoms with E-state index in [1.165, 1.54) is 0 Å². The molecule has 3 aromatic rings. The van der Waals surface area contributed by atoms with Crippen molar-refractivity contribution in [2.75, 3.05) is 17.2 Å². The lowest BCUT2D eigenvalue weighted by Crippen LogP contribution is -2.31. The molecule has 3 heterocycles. The molecule has 4 rings (SSSR count). The fraction of sp³-hybridized carbons (Fsp3) is 0.238. The molecular formula is C21H21ClN6O2. The number of hydrogen-bond donors (Lipinski definition) is 3. The van der Waals surface area contributed by atoms with E-state index in [1.54, 1.807) is 41.3 Å². The van der Waals surface area contributed by atoms with Crippen LogP contribution >= 0.6 is 11.6 Å². The number of anilines is 2. The molecule has 30 heavy (non-hydrogen) atoms. The van der Waals surface area contributed by atoms with E-state index in [4.69, 9.17) is 16.7 Å². The topological polar surface area (TPSA) is 105 Å². The van der Waals surface area contributed by atoms with Gasteiger partial charge in [0.15, 0.2) is 5.82 Å². The number of nitrogens with one attached hydrogen (secondary N) is 2. The number of hydrogen-bond acceptors (Lipinski definition) is 6. The molecule has 1 aliphatic heterocycles. The third-order valence-electron chi connectivity index (χ3n) is 4.80. The second-order valence-corrected chi connectivity index (χ2v) is 7.37. The summed E-state index contributed by atoms with van der Waals surface area (Å²) in [6, 6.07) is 10.4. The summed E-state index contributed by atoms with van der Waals surface area (Å²) in [5.74, 6) is 0.900. The van der Waals surface area contributed by atoms with Gasteiger partial charge in [-0.05, 0) is 43.2 Å². The minimum Gasteiger partial charge on any atom is -0.396 e. The van der Waals surface area contributed by atoms with Crippen molar-refractivity contribution >= 4 is 29.1 Å². The van der Waals surface area contributed by atoms with E-state index in [0.29, 0.717) is 46.6 Å². The van der Waals surface area contributed by atoms with Crippen LogP contribution in [0.5, 0.6) is 0 Å². The van der Waals surface area contributed by atoms with Crippen LogP contribution in [0.3, 0.4) is 0 Å². The molecule has 1 aromatic carbocycles. The van der Waals surface area contributed by atoms with E-state index in [-0.39, 0.29) is 12.5 Å². The maximum Gasteiger partial charge on any atom is 0.255 e. The Bertz CT molecular complexity index is 1080. The highest BCUT2D eigenvalue weighted by Gasteiger charge is 2.34. The van der Waals surface area contributed by atoms with Gasteiger partial charge in [-0.25, -0.2) is 4.68 Å². The number of pyridine rings is 1. The summed E-state index contributed by atoms with van der Waals surface area (Å²) in [5.41, 5.74) is 2.67. The van der Waals surface area contributed by atoms with Gasteiger partial charge < -0.3 is 15.7 Å². The number of benzene rings is 1. The number of amides is 1. The van der Waals surface area contributed by atoms with Crippen LogP contribution in [-0.4, -0.2) is 37.4 Å². The van der Waals surface area contributed by atoms with Gasteiger partial charge in [0, 0.05) is 29.9 Å². The van der Waals surface area contributed by atoms with Gasteiger partial charge in [-0.1, -0.05) is 23.7 Å². The van der Waals surface area contributed by atoms with Gasteiger partial charge in [-0.2, -0.15) is 10.1 Å². The Hall–Kier alpha value is -3.23. The smallest absolute Gasteiger partial charge is 0.255 e. The number of allylic oxidation sites excluding steroid dienone is 1. The van der Waals surface area contributed by atoms with E-state index in [2.05, 4.69) is 25.7 Å². The van der Waals surface area contributed by atoms with Crippen LogP contribution in [0.15, 0.2) is 60.1 Å². The van der Waals surface area contributed by atoms with Crippen LogP contribution in [0.2, 0.25) is 5.02 Å². The van der Waals surface area contributed by atoms with E-state index in [0.717, 1.165) is 5.56 Å². The number of fused-ring (bicyclic) bond motifs is 1. The van der Waals surface area contributed by atoms with Crippen molar-refractivity contribution in [2.45, 2.75) is 25.8 Å². The number of nitrogens with zero attached hydrogens (tertiary/aromatic N) is 4. The largest absolute Gasteiger partial charge is 0.396 e. The average Bonchev–Trinajstić information content (AvgIpc) is 3.15. The van der Waals surface area contributed by atoms with Crippen LogP contribution < -0.4 is 10.6 Å². The Morgan fingerprint density at radius 1 is 1.30 bits per heavy atom. The predicted molar refractivity (Wildman–Crippen MR) is 114 cm³/mol. The lowest BCUT2D eigenvalue weighted by atomic mass is 9.95. The number of rotatable bonds is 6. The van der Waals surface area contributed by atoms with E-state index < -0.39 is 6.04 Å². The molecule has 0 radical (unpaired) electrons. The normalized spacial score (nSPS) is 15.5. The zero-order chi connectivity index (χ0) is 21.1. The van der Waals surface area contributed by atoms with Gasteiger partial charge in [0.1, 0.15) is 6.04 Å². The van der Waals surface area contributed by atoms with Crippen molar-refractivity contribution in [3.05, 3.63) is 76.5 Å². The molecule has 0 spiro atoms. The van der Waals surface area contributed by atoms with Gasteiger partial charge >= 0.3 is 0 Å². The molecule has 0 unspecified atom stereocenters. The molecule has 0 aliphatic carbocycles. The van der Waals surface area contributed by atoms with Crippen LogP contribution in [0.4, 0.5) is 11.6 Å². The van der Waals surface area contributed by atoms with Crippen LogP contribution in [0.1, 0.15) is 30.8 Å². The fourth-order valence-electron chi connectivity index (χ4n) is 3.42. The maximum atomic E-state index is 13.3. The van der Waals surface area contributed by atoms with Gasteiger partial charge in [-0.3, -0.25) is 9.78 Å². The first-order valence-corrected chi connectivity index (χ1v) is 9.95. The van der Waals surface area contributed by atoms with E-state index >= 15 is 0 Å². The summed E-state index contributed by atoms with van der Waals surface area (Å²) in [6.07, 6.45) is 4.35. The SMILES string of the molecule is CC1=C(C(=O)Nc2cccnc2)[C@H](c2ccc(Cl)cc2)n2nc(CCCO)nc2N1. The Kier molecular flexibility index (Phi) is 5.78. The quantitative estimate of drug-likeness (QED) is 0.561. The first-order valence-electron chi connectivity index (χ1n) is 9.57. The minimum atomic E-state index is -0.481. The van der Waals surface area contributed by atoms with Gasteiger partial charge in [0.2, 0.25) is 5.95 Å². The number of aliphatic hydroxyl groups is 1. The molecule has 8 nitrogen and oxygen atoms in total. The first-order chi connectivity index (χ1) is 14.6. The summed E-state index contributed by atoms with van der Waals surface area (Å²) in [7, 11) is 0. The van der Waals surface area contributed by atoms with Gasteiger partial charge in [-0.15, -0.1) is 0 Å². The second-order valence-electron chi connectivity index (χ2n) is 6.94. The molecule has 1 atom stereocenters. The number of carbonyl (C=O) groups excluding carboxylic acids is 1. The highest BCUT2D eigenvalue weighted by Crippen LogP contribution is 2.36. The highest BCUT2D eigenvalue weighted by molar-refractivity contribution is 6.30. The lowest BCUT2D eigenvalue weighted by Gasteiger charge is -2.28. The molecule has 1 aliphatic rings. The molecule has 0 saturated heterocycles. The first kappa shape index (κ1) is 20.1. The average molecular weight is 425 g/mol. The standard InChI is InChI=1S/C21H21ClN6O2/c1-13-18(20(30)25-16-4-2-10-23-12-16)19(14-6-8-15(22)9-7-14)28-21(24-13)26-17(27-28)5-3-11-29/h2,4,6-10,12,19,29H,3,5,11H2,1H3,(H,25,30)(H,24,26,27)/t19-/m0/s1. The zero-order valence-electron chi connectivity index (χ0n) is 16.3. The molecule has 1 amide bonds. The second kappa shape index (κ2) is 8.64. The number of aryl methyl sites for hydroxylation is 1. The van der Waals surface area contributed by atoms with Gasteiger partial charge in [0.25, 0.3) is 5.91 Å². The van der Waals surface area contributed by atoms with Crippen LogP contribution in [0.25, 0.3) is 0 Å². The van der Waals surface area contributed by atoms with Crippen molar-refractivity contribution < 1.29 is 9.90 Å². The Balaban J connectivity index is 1.75. The van der Waals surface area contributed by atoms with Crippen molar-refractivity contribution in [1.82, 2.24) is 19.7 Å². The predicted octanol–water partition coefficient (Wildman–Crippen LogP) is 3.18. The summed E-state index contributed by atoms with van der Waals surface area (Å²) < 4.78 is 1.71. The molecule has 0 bridgehead atoms. The van der Waals surface area contributed by atoms with Crippen molar-refractivity contribution in [2.24, 2.45) is 0 Å². The highest BCUT2D eigenvalue weighted by atomic mass is 35.5. The molecule has 2 aromatic heterocycles. The number of aromatic nitrogens is 4. The Labute approximate surface area is 178 Å². The summed E-state index contributed by atoms with van der Waals surface area (Å²) in [6.45, 7) is 1.90. The fourth-order valence-corrected chi connectivity index (χ4v) is 3.55. The van der Waals surface area contributed by atoms with Crippen molar-refractivity contribution in [3.63, 3.8) is 0 Å². The van der Waals surface area contributed by atoms with Crippen molar-refractivity contribution in [3.8, 4) is 0 Å². The van der Waals surface area contributed by atoms with Gasteiger partial charge in [0.05, 0.1) is 17.5 Å². The lowest BCUT2D eigenvalue weighted by molar-refractivity contribution is -0.113. The molecule has 0 fully saturated rings. The molecule has 9 heteroatoms. The molecule has 3 N–H and O–H groups in total. The number of halogens is 1. The molecule has 154 valence electrons. The monoisotopic (exact) mass is 424 g/mol. The third-order valence-corrected chi connectivity index (χ3v) is 5.06. The number of aliphatic hydroxyl groups excluding tert-OH is 1. The number of carbonyl (C=O) groups is 1. The third kappa shape index (κ3) is 4.05.